The van der Waals surface area contributed by atoms with Gasteiger partial charge in [0, 0.05) is 0 Å². The fourth-order valence-electron chi connectivity index (χ4n) is 0. The van der Waals surface area contributed by atoms with Crippen LogP contribution >= 0.6 is 0 Å². The molecule has 0 aromatic carbocycles. The Morgan fingerprint density at radius 1 is 1.50 bits per heavy atom. The molecule has 0 heterocycles. The SMILES string of the molecule is CC(C)[At]. The van der Waals surface area contributed by atoms with Gasteiger partial charge in [-0.2, -0.15) is 0 Å². The Bertz CT molecular complexity index is 8.00. The quantitative estimate of drug-likeness (QED) is 0.611. The Morgan fingerprint density at radius 3 is 1.50 bits per heavy atom. The van der Waals surface area contributed by atoms with Crippen molar-refractivity contribution < 1.29 is 24.7 Å². The van der Waals surface area contributed by atoms with E-state index in [9.17, 15) is 0 Å². The van der Waals surface area contributed by atoms with Gasteiger partial charge in [0.2, 0.25) is 0 Å². The van der Waals surface area contributed by atoms with Crippen molar-refractivity contribution in [3.63, 3.8) is 0 Å². The first-order valence-corrected chi connectivity index (χ1v) is 3.07. The molecule has 0 aromatic heterocycles. The van der Waals surface area contributed by atoms with Gasteiger partial charge in [0.05, 0.1) is 0 Å². The first-order chi connectivity index (χ1) is 1.73. The van der Waals surface area contributed by atoms with Gasteiger partial charge in [0.1, 0.15) is 0 Å². The van der Waals surface area contributed by atoms with Gasteiger partial charge in [-0.05, 0) is 0 Å². The summed E-state index contributed by atoms with van der Waals surface area (Å²) >= 11 is 1.84. The van der Waals surface area contributed by atoms with Crippen LogP contribution < -0.4 is 0 Å². The van der Waals surface area contributed by atoms with Gasteiger partial charge in [0.15, 0.2) is 0 Å². The molecule has 0 bridgehead atoms. The summed E-state index contributed by atoms with van der Waals surface area (Å²) in [4.78, 5) is 0. The molecular formula is C3H7At. The van der Waals surface area contributed by atoms with Gasteiger partial charge in [-0.15, -0.1) is 0 Å². The number of rotatable bonds is 0. The van der Waals surface area contributed by atoms with E-state index in [1.165, 1.54) is 0 Å². The van der Waals surface area contributed by atoms with E-state index >= 15 is 0 Å². The molecule has 0 amide bonds. The zero-order chi connectivity index (χ0) is 3.58. The van der Waals surface area contributed by atoms with Crippen LogP contribution in [0.5, 0.6) is 0 Å². The van der Waals surface area contributed by atoms with E-state index < -0.39 is 0 Å². The summed E-state index contributed by atoms with van der Waals surface area (Å²) in [5.41, 5.74) is 0. The Balaban J connectivity index is 2.32. The summed E-state index contributed by atoms with van der Waals surface area (Å²) in [7, 11) is 0. The maximum atomic E-state index is 2.19. The summed E-state index contributed by atoms with van der Waals surface area (Å²) in [5.74, 6) is 0. The van der Waals surface area contributed by atoms with Crippen LogP contribution in [0.15, 0.2) is 0 Å². The van der Waals surface area contributed by atoms with Crippen molar-refractivity contribution in [3.8, 4) is 0 Å². The molecule has 0 aliphatic rings. The van der Waals surface area contributed by atoms with Crippen LogP contribution in [0.3, 0.4) is 0 Å². The van der Waals surface area contributed by atoms with Gasteiger partial charge in [0.25, 0.3) is 0 Å². The number of hydrogen-bond donors (Lipinski definition) is 0. The molecule has 0 fully saturated rings. The van der Waals surface area contributed by atoms with E-state index in [0.29, 0.717) is 0 Å². The topological polar surface area (TPSA) is 0 Å². The van der Waals surface area contributed by atoms with Gasteiger partial charge in [-0.25, -0.2) is 0 Å². The molecule has 0 saturated carbocycles. The third kappa shape index (κ3) is 13.1. The van der Waals surface area contributed by atoms with E-state index in [0.717, 1.165) is 3.63 Å². The molecule has 26 valence electrons. The summed E-state index contributed by atoms with van der Waals surface area (Å²) < 4.78 is 0.889. The molecule has 4 heavy (non-hydrogen) atoms. The van der Waals surface area contributed by atoms with Crippen molar-refractivity contribution in [1.82, 2.24) is 0 Å². The van der Waals surface area contributed by atoms with E-state index in [-0.39, 0.29) is 0 Å². The zero-order valence-electron chi connectivity index (χ0n) is 2.96. The summed E-state index contributed by atoms with van der Waals surface area (Å²) in [5, 5.41) is 0. The Labute approximate surface area is 42.4 Å². The van der Waals surface area contributed by atoms with Crippen LogP contribution in [0.4, 0.5) is 0 Å². The molecule has 0 nitrogen and oxygen atoms in total. The molecule has 0 aliphatic carbocycles. The van der Waals surface area contributed by atoms with Gasteiger partial charge in [-0.3, -0.25) is 0 Å². The molecule has 1 heteroatoms. The third-order valence-electron chi connectivity index (χ3n) is 0. The average Bonchev–Trinajstić information content (AvgIpc) is 0.811. The molecule has 0 saturated heterocycles. The first-order valence-electron chi connectivity index (χ1n) is 1.37. The maximum absolute atomic E-state index is 2.19. The van der Waals surface area contributed by atoms with E-state index in [1.807, 2.05) is 24.7 Å². The minimum absolute atomic E-state index is 0.889. The molecular weight excluding hydrogens is 246 g/mol. The van der Waals surface area contributed by atoms with Crippen molar-refractivity contribution in [2.45, 2.75) is 17.5 Å². The molecule has 0 spiro atoms. The molecule has 0 unspecified atom stereocenters. The Hall–Kier alpha value is 0.883. The normalized spacial score (nSPS) is 9.00. The predicted octanol–water partition coefficient (Wildman–Crippen LogP) is 1.36. The van der Waals surface area contributed by atoms with Crippen LogP contribution in [0, 0.1) is 24.7 Å². The summed E-state index contributed by atoms with van der Waals surface area (Å²) in [6.07, 6.45) is 0. The first kappa shape index (κ1) is 4.88. The van der Waals surface area contributed by atoms with Crippen molar-refractivity contribution in [2.24, 2.45) is 0 Å². The molecule has 0 rings (SSSR count). The van der Waals surface area contributed by atoms with Crippen LogP contribution in [0.2, 0.25) is 3.63 Å². The van der Waals surface area contributed by atoms with Gasteiger partial charge < -0.3 is 0 Å². The van der Waals surface area contributed by atoms with E-state index in [2.05, 4.69) is 13.8 Å². The third-order valence-corrected chi connectivity index (χ3v) is 0. The summed E-state index contributed by atoms with van der Waals surface area (Å²) in [6.45, 7) is 4.38. The van der Waals surface area contributed by atoms with Gasteiger partial charge in [-0.1, -0.05) is 0 Å². The second-order valence-electron chi connectivity index (χ2n) is 1.01. The average molecular weight is 253 g/mol. The van der Waals surface area contributed by atoms with Crippen molar-refractivity contribution in [1.29, 1.82) is 0 Å². The molecule has 0 radical (unpaired) electrons. The van der Waals surface area contributed by atoms with Crippen LogP contribution in [0.1, 0.15) is 13.8 Å². The van der Waals surface area contributed by atoms with Crippen LogP contribution in [-0.2, 0) is 0 Å². The van der Waals surface area contributed by atoms with Crippen molar-refractivity contribution in [2.75, 3.05) is 0 Å². The fraction of sp³-hybridized carbons (Fsp3) is 1.00. The van der Waals surface area contributed by atoms with Crippen molar-refractivity contribution in [3.05, 3.63) is 0 Å². The summed E-state index contributed by atoms with van der Waals surface area (Å²) in [6, 6.07) is 0. The molecule has 0 atom stereocenters. The Morgan fingerprint density at radius 2 is 1.50 bits per heavy atom. The van der Waals surface area contributed by atoms with Crippen molar-refractivity contribution >= 4 is 0 Å². The molecule has 0 N–H and O–H groups in total. The number of hydrogen-bond acceptors (Lipinski definition) is 0. The Kier molecular flexibility index (Phi) is 2.61. The second kappa shape index (κ2) is 2.14. The predicted molar refractivity (Wildman–Crippen MR) is 15.1 cm³/mol. The van der Waals surface area contributed by atoms with E-state index in [4.69, 9.17) is 0 Å². The van der Waals surface area contributed by atoms with Crippen LogP contribution in [0.25, 0.3) is 0 Å². The second-order valence-corrected chi connectivity index (χ2v) is 4.41. The van der Waals surface area contributed by atoms with Crippen LogP contribution in [-0.4, -0.2) is 0 Å². The molecule has 0 aromatic rings. The zero-order valence-corrected chi connectivity index (χ0v) is 5.89. The monoisotopic (exact) mass is 253 g/mol. The standard InChI is InChI=1S/C3H7At/c1-3(2)4/h3H,1-2H3. The fourth-order valence-corrected chi connectivity index (χ4v) is 0. The van der Waals surface area contributed by atoms with E-state index in [1.54, 1.807) is 0 Å². The minimum atomic E-state index is 0.889. The van der Waals surface area contributed by atoms with Gasteiger partial charge >= 0.3 is 42.2 Å². The molecule has 0 aliphatic heterocycles.